The van der Waals surface area contributed by atoms with Crippen molar-refractivity contribution < 1.29 is 9.59 Å². The lowest BCUT2D eigenvalue weighted by molar-refractivity contribution is -0.128. The minimum absolute atomic E-state index is 0.0876. The second kappa shape index (κ2) is 10.9. The fourth-order valence-electron chi connectivity index (χ4n) is 3.87. The summed E-state index contributed by atoms with van der Waals surface area (Å²) in [7, 11) is 1.84. The molecule has 0 radical (unpaired) electrons. The van der Waals surface area contributed by atoms with Crippen molar-refractivity contribution in [1.29, 1.82) is 0 Å². The quantitative estimate of drug-likeness (QED) is 0.503. The van der Waals surface area contributed by atoms with Crippen molar-refractivity contribution in [3.63, 3.8) is 0 Å². The molecular weight excluding hydrogens is 472 g/mol. The number of nitrogens with zero attached hydrogens (tertiary/aromatic N) is 5. The third kappa shape index (κ3) is 5.71. The number of para-hydroxylation sites is 1. The maximum atomic E-state index is 12.8. The van der Waals surface area contributed by atoms with Crippen LogP contribution in [0.25, 0.3) is 0 Å². The highest BCUT2D eigenvalue weighted by molar-refractivity contribution is 7.99. The summed E-state index contributed by atoms with van der Waals surface area (Å²) in [5, 5.41) is 12.5. The summed E-state index contributed by atoms with van der Waals surface area (Å²) < 4.78 is 1.81. The third-order valence-electron chi connectivity index (χ3n) is 5.77. The molecule has 0 aliphatic carbocycles. The number of halogens is 1. The standard InChI is InChI=1S/C24H27ClN6O2S/c1-17(26-23(33)18-7-6-8-19(25)15-18)22-27-28-24(29(22)2)34-16-21(32)31-13-11-30(12-14-31)20-9-4-3-5-10-20/h3-10,15,17H,11-14,16H2,1-2H3,(H,26,33). The summed E-state index contributed by atoms with van der Waals surface area (Å²) in [5.41, 5.74) is 1.67. The summed E-state index contributed by atoms with van der Waals surface area (Å²) in [4.78, 5) is 29.5. The van der Waals surface area contributed by atoms with E-state index in [-0.39, 0.29) is 17.9 Å². The van der Waals surface area contributed by atoms with E-state index in [1.807, 2.05) is 41.6 Å². The second-order valence-corrected chi connectivity index (χ2v) is 9.48. The number of hydrogen-bond acceptors (Lipinski definition) is 6. The van der Waals surface area contributed by atoms with Gasteiger partial charge in [-0.25, -0.2) is 0 Å². The zero-order chi connectivity index (χ0) is 24.1. The largest absolute Gasteiger partial charge is 0.368 e. The van der Waals surface area contributed by atoms with Gasteiger partial charge in [0.05, 0.1) is 11.8 Å². The van der Waals surface area contributed by atoms with Gasteiger partial charge in [0.25, 0.3) is 5.91 Å². The molecule has 2 amide bonds. The number of amides is 2. The first-order valence-corrected chi connectivity index (χ1v) is 12.4. The number of carbonyl (C=O) groups is 2. The van der Waals surface area contributed by atoms with Gasteiger partial charge >= 0.3 is 0 Å². The molecule has 1 aliphatic heterocycles. The third-order valence-corrected chi connectivity index (χ3v) is 7.01. The predicted molar refractivity (Wildman–Crippen MR) is 134 cm³/mol. The molecule has 0 spiro atoms. The van der Waals surface area contributed by atoms with Gasteiger partial charge in [0, 0.05) is 49.5 Å². The van der Waals surface area contributed by atoms with E-state index in [0.717, 1.165) is 13.1 Å². The van der Waals surface area contributed by atoms with Gasteiger partial charge in [-0.05, 0) is 37.3 Å². The Labute approximate surface area is 208 Å². The van der Waals surface area contributed by atoms with Crippen LogP contribution < -0.4 is 10.2 Å². The maximum absolute atomic E-state index is 12.8. The van der Waals surface area contributed by atoms with Gasteiger partial charge in [0.2, 0.25) is 5.91 Å². The number of anilines is 1. The lowest BCUT2D eigenvalue weighted by Crippen LogP contribution is -2.49. The highest BCUT2D eigenvalue weighted by atomic mass is 35.5. The van der Waals surface area contributed by atoms with Crippen LogP contribution in [0.4, 0.5) is 5.69 Å². The van der Waals surface area contributed by atoms with Gasteiger partial charge in [-0.2, -0.15) is 0 Å². The van der Waals surface area contributed by atoms with Crippen LogP contribution in [0.3, 0.4) is 0 Å². The van der Waals surface area contributed by atoms with Gasteiger partial charge in [-0.15, -0.1) is 10.2 Å². The molecule has 4 rings (SSSR count). The maximum Gasteiger partial charge on any atom is 0.251 e. The first-order chi connectivity index (χ1) is 16.4. The number of aromatic nitrogens is 3. The van der Waals surface area contributed by atoms with E-state index in [0.29, 0.717) is 40.4 Å². The number of benzene rings is 2. The molecule has 1 aliphatic rings. The van der Waals surface area contributed by atoms with Gasteiger partial charge in [0.15, 0.2) is 11.0 Å². The molecule has 1 saturated heterocycles. The predicted octanol–water partition coefficient (Wildman–Crippen LogP) is 3.40. The summed E-state index contributed by atoms with van der Waals surface area (Å²) in [5.74, 6) is 0.754. The number of nitrogens with one attached hydrogen (secondary N) is 1. The monoisotopic (exact) mass is 498 g/mol. The second-order valence-electron chi connectivity index (χ2n) is 8.10. The van der Waals surface area contributed by atoms with Crippen molar-refractivity contribution in [2.24, 2.45) is 7.05 Å². The highest BCUT2D eigenvalue weighted by Gasteiger charge is 2.23. The fourth-order valence-corrected chi connectivity index (χ4v) is 4.88. The molecular formula is C24H27ClN6O2S. The van der Waals surface area contributed by atoms with E-state index in [1.54, 1.807) is 24.3 Å². The number of carbonyl (C=O) groups excluding carboxylic acids is 2. The number of rotatable bonds is 7. The summed E-state index contributed by atoms with van der Waals surface area (Å²) >= 11 is 7.34. The minimum atomic E-state index is -0.361. The van der Waals surface area contributed by atoms with Crippen LogP contribution in [0.15, 0.2) is 59.8 Å². The summed E-state index contributed by atoms with van der Waals surface area (Å²) in [6.45, 7) is 4.88. The fraction of sp³-hybridized carbons (Fsp3) is 0.333. The van der Waals surface area contributed by atoms with Crippen molar-refractivity contribution in [1.82, 2.24) is 25.0 Å². The molecule has 34 heavy (non-hydrogen) atoms. The SMILES string of the molecule is CC(NC(=O)c1cccc(Cl)c1)c1nnc(SCC(=O)N2CCN(c3ccccc3)CC2)n1C. The number of hydrogen-bond donors (Lipinski definition) is 1. The Morgan fingerprint density at radius 1 is 1.06 bits per heavy atom. The van der Waals surface area contributed by atoms with Crippen LogP contribution >= 0.6 is 23.4 Å². The first kappa shape index (κ1) is 24.1. The van der Waals surface area contributed by atoms with Gasteiger partial charge < -0.3 is 19.7 Å². The van der Waals surface area contributed by atoms with Crippen LogP contribution in [-0.2, 0) is 11.8 Å². The van der Waals surface area contributed by atoms with Crippen molar-refractivity contribution in [2.45, 2.75) is 18.1 Å². The molecule has 1 unspecified atom stereocenters. The molecule has 1 N–H and O–H groups in total. The van der Waals surface area contributed by atoms with Crippen LogP contribution in [0, 0.1) is 0 Å². The Kier molecular flexibility index (Phi) is 7.74. The van der Waals surface area contributed by atoms with Gasteiger partial charge in [-0.1, -0.05) is 47.6 Å². The average Bonchev–Trinajstić information content (AvgIpc) is 3.23. The molecule has 1 fully saturated rings. The molecule has 2 heterocycles. The van der Waals surface area contributed by atoms with E-state index < -0.39 is 0 Å². The van der Waals surface area contributed by atoms with Crippen LogP contribution in [0.1, 0.15) is 29.1 Å². The van der Waals surface area contributed by atoms with Crippen LogP contribution in [0.2, 0.25) is 5.02 Å². The van der Waals surface area contributed by atoms with E-state index in [2.05, 4.69) is 32.5 Å². The van der Waals surface area contributed by atoms with Crippen molar-refractivity contribution in [3.8, 4) is 0 Å². The highest BCUT2D eigenvalue weighted by Crippen LogP contribution is 2.21. The first-order valence-electron chi connectivity index (χ1n) is 11.1. The Morgan fingerprint density at radius 3 is 2.50 bits per heavy atom. The van der Waals surface area contributed by atoms with Gasteiger partial charge in [-0.3, -0.25) is 9.59 Å². The van der Waals surface area contributed by atoms with Crippen LogP contribution in [-0.4, -0.2) is 63.4 Å². The molecule has 1 aromatic heterocycles. The Balaban J connectivity index is 1.28. The molecule has 3 aromatic rings. The topological polar surface area (TPSA) is 83.4 Å². The lowest BCUT2D eigenvalue weighted by Gasteiger charge is -2.36. The van der Waals surface area contributed by atoms with Crippen molar-refractivity contribution >= 4 is 40.9 Å². The Morgan fingerprint density at radius 2 is 1.79 bits per heavy atom. The van der Waals surface area contributed by atoms with Gasteiger partial charge in [0.1, 0.15) is 0 Å². The molecule has 8 nitrogen and oxygen atoms in total. The number of piperazine rings is 1. The minimum Gasteiger partial charge on any atom is -0.368 e. The van der Waals surface area contributed by atoms with E-state index >= 15 is 0 Å². The molecule has 0 saturated carbocycles. The molecule has 178 valence electrons. The van der Waals surface area contributed by atoms with E-state index in [4.69, 9.17) is 11.6 Å². The zero-order valence-corrected chi connectivity index (χ0v) is 20.7. The summed E-state index contributed by atoms with van der Waals surface area (Å²) in [6, 6.07) is 16.7. The Hall–Kier alpha value is -3.04. The molecule has 0 bridgehead atoms. The van der Waals surface area contributed by atoms with Crippen molar-refractivity contribution in [3.05, 3.63) is 71.0 Å². The van der Waals surface area contributed by atoms with E-state index in [1.165, 1.54) is 17.4 Å². The molecule has 1 atom stereocenters. The average molecular weight is 499 g/mol. The molecule has 10 heteroatoms. The smallest absolute Gasteiger partial charge is 0.251 e. The Bertz CT molecular complexity index is 1150. The molecule has 2 aromatic carbocycles. The lowest BCUT2D eigenvalue weighted by atomic mass is 10.2. The summed E-state index contributed by atoms with van der Waals surface area (Å²) in [6.07, 6.45) is 0. The normalized spacial score (nSPS) is 14.7. The van der Waals surface area contributed by atoms with E-state index in [9.17, 15) is 9.59 Å². The van der Waals surface area contributed by atoms with Crippen LogP contribution in [0.5, 0.6) is 0 Å². The number of thioether (sulfide) groups is 1. The zero-order valence-electron chi connectivity index (χ0n) is 19.1. The van der Waals surface area contributed by atoms with Crippen molar-refractivity contribution in [2.75, 3.05) is 36.8 Å².